The molecular formula is C13H18N2O2. The van der Waals surface area contributed by atoms with Crippen molar-refractivity contribution in [2.45, 2.75) is 25.7 Å². The van der Waals surface area contributed by atoms with E-state index in [1.807, 2.05) is 12.1 Å². The molecule has 0 radical (unpaired) electrons. The van der Waals surface area contributed by atoms with Gasteiger partial charge < -0.3 is 4.74 Å². The van der Waals surface area contributed by atoms with E-state index >= 15 is 0 Å². The zero-order chi connectivity index (χ0) is 12.3. The number of carbonyl (C=O) groups is 1. The van der Waals surface area contributed by atoms with Crippen molar-refractivity contribution in [3.05, 3.63) is 29.3 Å². The molecule has 0 aliphatic heterocycles. The number of rotatable bonds is 3. The number of hydrogen-bond acceptors (Lipinski definition) is 3. The van der Waals surface area contributed by atoms with Crippen LogP contribution in [-0.4, -0.2) is 24.6 Å². The maximum Gasteiger partial charge on any atom is 0.274 e. The van der Waals surface area contributed by atoms with Gasteiger partial charge in [-0.1, -0.05) is 12.1 Å². The minimum atomic E-state index is -0.224. The lowest BCUT2D eigenvalue weighted by atomic mass is 9.91. The van der Waals surface area contributed by atoms with Crippen LogP contribution in [0.3, 0.4) is 0 Å². The highest BCUT2D eigenvalue weighted by molar-refractivity contribution is 5.76. The number of amides is 1. The topological polar surface area (TPSA) is 55.6 Å². The molecule has 1 aromatic carbocycles. The molecule has 1 aliphatic rings. The van der Waals surface area contributed by atoms with Crippen LogP contribution in [-0.2, 0) is 17.6 Å². The molecule has 0 heterocycles. The van der Waals surface area contributed by atoms with Gasteiger partial charge in [-0.15, -0.1) is 0 Å². The third-order valence-corrected chi connectivity index (χ3v) is 3.10. The molecule has 1 aliphatic carbocycles. The highest BCUT2D eigenvalue weighted by atomic mass is 16.5. The zero-order valence-electron chi connectivity index (χ0n) is 10.1. The average molecular weight is 234 g/mol. The summed E-state index contributed by atoms with van der Waals surface area (Å²) in [5, 5.41) is 1.05. The Kier molecular flexibility index (Phi) is 3.64. The molecule has 2 N–H and O–H groups in total. The lowest BCUT2D eigenvalue weighted by Crippen LogP contribution is -2.36. The molecule has 92 valence electrons. The summed E-state index contributed by atoms with van der Waals surface area (Å²) in [6, 6.07) is 6.04. The van der Waals surface area contributed by atoms with Gasteiger partial charge in [0.1, 0.15) is 5.75 Å². The largest absolute Gasteiger partial charge is 0.483 e. The highest BCUT2D eigenvalue weighted by Crippen LogP contribution is 2.29. The molecular weight excluding hydrogens is 216 g/mol. The molecule has 1 aromatic rings. The van der Waals surface area contributed by atoms with Gasteiger partial charge in [0.15, 0.2) is 6.61 Å². The van der Waals surface area contributed by atoms with E-state index in [1.54, 1.807) is 0 Å². The molecule has 17 heavy (non-hydrogen) atoms. The molecule has 0 saturated heterocycles. The average Bonchev–Trinajstić information content (AvgIpc) is 2.35. The molecule has 4 heteroatoms. The van der Waals surface area contributed by atoms with Crippen molar-refractivity contribution in [2.24, 2.45) is 5.84 Å². The summed E-state index contributed by atoms with van der Waals surface area (Å²) in [4.78, 5) is 11.4. The number of ether oxygens (including phenoxy) is 1. The van der Waals surface area contributed by atoms with Gasteiger partial charge in [0.05, 0.1) is 0 Å². The molecule has 0 bridgehead atoms. The number of fused-ring (bicyclic) bond motifs is 1. The van der Waals surface area contributed by atoms with Crippen molar-refractivity contribution in [3.63, 3.8) is 0 Å². The Morgan fingerprint density at radius 3 is 2.94 bits per heavy atom. The Balaban J connectivity index is 2.08. The number of hydrogen-bond donors (Lipinski definition) is 1. The monoisotopic (exact) mass is 234 g/mol. The SMILES string of the molecule is CN(N)C(=O)COc1cccc2c1CCCC2. The Labute approximate surface area is 101 Å². The summed E-state index contributed by atoms with van der Waals surface area (Å²) in [5.74, 6) is 5.95. The maximum atomic E-state index is 11.4. The Morgan fingerprint density at radius 1 is 1.41 bits per heavy atom. The molecule has 2 rings (SSSR count). The summed E-state index contributed by atoms with van der Waals surface area (Å²) < 4.78 is 5.56. The van der Waals surface area contributed by atoms with Crippen LogP contribution < -0.4 is 10.6 Å². The van der Waals surface area contributed by atoms with Gasteiger partial charge in [0.25, 0.3) is 5.91 Å². The van der Waals surface area contributed by atoms with Crippen molar-refractivity contribution < 1.29 is 9.53 Å². The van der Waals surface area contributed by atoms with Crippen molar-refractivity contribution >= 4 is 5.91 Å². The predicted octanol–water partition coefficient (Wildman–Crippen LogP) is 1.28. The molecule has 0 fully saturated rings. The van der Waals surface area contributed by atoms with Gasteiger partial charge in [-0.3, -0.25) is 9.80 Å². The molecule has 0 atom stereocenters. The first-order chi connectivity index (χ1) is 8.18. The first-order valence-corrected chi connectivity index (χ1v) is 5.93. The summed E-state index contributed by atoms with van der Waals surface area (Å²) in [5.41, 5.74) is 2.61. The summed E-state index contributed by atoms with van der Waals surface area (Å²) >= 11 is 0. The summed E-state index contributed by atoms with van der Waals surface area (Å²) in [7, 11) is 1.52. The summed E-state index contributed by atoms with van der Waals surface area (Å²) in [6.45, 7) is 0.00343. The van der Waals surface area contributed by atoms with Crippen LogP contribution in [0.2, 0.25) is 0 Å². The van der Waals surface area contributed by atoms with Crippen molar-refractivity contribution in [1.82, 2.24) is 5.01 Å². The molecule has 4 nitrogen and oxygen atoms in total. The Bertz CT molecular complexity index is 416. The van der Waals surface area contributed by atoms with Crippen LogP contribution in [0.5, 0.6) is 5.75 Å². The second-order valence-corrected chi connectivity index (χ2v) is 4.39. The molecule has 0 spiro atoms. The molecule has 1 amide bonds. The highest BCUT2D eigenvalue weighted by Gasteiger charge is 2.14. The van der Waals surface area contributed by atoms with Crippen LogP contribution in [0.4, 0.5) is 0 Å². The second-order valence-electron chi connectivity index (χ2n) is 4.39. The number of benzene rings is 1. The lowest BCUT2D eigenvalue weighted by Gasteiger charge is -2.19. The lowest BCUT2D eigenvalue weighted by molar-refractivity contribution is -0.132. The van der Waals surface area contributed by atoms with E-state index in [-0.39, 0.29) is 12.5 Å². The quantitative estimate of drug-likeness (QED) is 0.487. The van der Waals surface area contributed by atoms with E-state index in [0.717, 1.165) is 23.6 Å². The van der Waals surface area contributed by atoms with Crippen LogP contribution in [0, 0.1) is 0 Å². The van der Waals surface area contributed by atoms with Gasteiger partial charge in [-0.05, 0) is 42.9 Å². The first-order valence-electron chi connectivity index (χ1n) is 5.93. The minimum Gasteiger partial charge on any atom is -0.483 e. The van der Waals surface area contributed by atoms with Gasteiger partial charge in [-0.2, -0.15) is 0 Å². The number of nitrogens with two attached hydrogens (primary N) is 1. The third kappa shape index (κ3) is 2.77. The number of likely N-dealkylation sites (N-methyl/N-ethyl adjacent to an activating group) is 1. The van der Waals surface area contributed by atoms with E-state index in [4.69, 9.17) is 10.6 Å². The second kappa shape index (κ2) is 5.19. The fraction of sp³-hybridized carbons (Fsp3) is 0.462. The van der Waals surface area contributed by atoms with Gasteiger partial charge in [-0.25, -0.2) is 5.84 Å². The normalized spacial score (nSPS) is 14.0. The van der Waals surface area contributed by atoms with E-state index in [0.29, 0.717) is 0 Å². The Hall–Kier alpha value is -1.55. The Morgan fingerprint density at radius 2 is 2.18 bits per heavy atom. The van der Waals surface area contributed by atoms with Crippen molar-refractivity contribution in [2.75, 3.05) is 13.7 Å². The summed E-state index contributed by atoms with van der Waals surface area (Å²) in [6.07, 6.45) is 4.58. The van der Waals surface area contributed by atoms with E-state index in [1.165, 1.54) is 31.0 Å². The smallest absolute Gasteiger partial charge is 0.274 e. The molecule has 0 aromatic heterocycles. The zero-order valence-corrected chi connectivity index (χ0v) is 10.1. The number of nitrogens with zero attached hydrogens (tertiary/aromatic N) is 1. The standard InChI is InChI=1S/C13H18N2O2/c1-15(14)13(16)9-17-12-8-4-6-10-5-2-3-7-11(10)12/h4,6,8H,2-3,5,7,9,14H2,1H3. The van der Waals surface area contributed by atoms with Crippen LogP contribution in [0.15, 0.2) is 18.2 Å². The molecule has 0 unspecified atom stereocenters. The molecule has 0 saturated carbocycles. The van der Waals surface area contributed by atoms with Crippen molar-refractivity contribution in [3.8, 4) is 5.75 Å². The number of hydrazine groups is 1. The number of aryl methyl sites for hydroxylation is 1. The van der Waals surface area contributed by atoms with Crippen LogP contribution in [0.25, 0.3) is 0 Å². The van der Waals surface area contributed by atoms with Gasteiger partial charge in [0, 0.05) is 7.05 Å². The first kappa shape index (κ1) is 11.9. The van der Waals surface area contributed by atoms with Crippen molar-refractivity contribution in [1.29, 1.82) is 0 Å². The predicted molar refractivity (Wildman–Crippen MR) is 65.5 cm³/mol. The number of carbonyl (C=O) groups excluding carboxylic acids is 1. The van der Waals surface area contributed by atoms with Crippen LogP contribution in [0.1, 0.15) is 24.0 Å². The van der Waals surface area contributed by atoms with Gasteiger partial charge in [0.2, 0.25) is 0 Å². The minimum absolute atomic E-state index is 0.00343. The van der Waals surface area contributed by atoms with Crippen LogP contribution >= 0.6 is 0 Å². The fourth-order valence-corrected chi connectivity index (χ4v) is 2.12. The van der Waals surface area contributed by atoms with E-state index in [9.17, 15) is 4.79 Å². The maximum absolute atomic E-state index is 11.4. The fourth-order valence-electron chi connectivity index (χ4n) is 2.12. The third-order valence-electron chi connectivity index (χ3n) is 3.10. The van der Waals surface area contributed by atoms with E-state index < -0.39 is 0 Å². The van der Waals surface area contributed by atoms with Gasteiger partial charge >= 0.3 is 0 Å². The van der Waals surface area contributed by atoms with E-state index in [2.05, 4.69) is 6.07 Å².